The van der Waals surface area contributed by atoms with E-state index in [2.05, 4.69) is 5.32 Å². The van der Waals surface area contributed by atoms with E-state index < -0.39 is 5.60 Å². The van der Waals surface area contributed by atoms with Crippen molar-refractivity contribution >= 4 is 0 Å². The number of methoxy groups -OCH3 is 1. The van der Waals surface area contributed by atoms with Gasteiger partial charge in [0.2, 0.25) is 0 Å². The van der Waals surface area contributed by atoms with Crippen LogP contribution in [0.2, 0.25) is 0 Å². The molecular formula is C15H21NO3. The SMILES string of the molecule is COc1cc(C)ccc1C1(O)CC2COCC(C1)N2. The molecule has 104 valence electrons. The monoisotopic (exact) mass is 263 g/mol. The first-order valence-electron chi connectivity index (χ1n) is 6.82. The summed E-state index contributed by atoms with van der Waals surface area (Å²) in [5.74, 6) is 0.781. The van der Waals surface area contributed by atoms with E-state index in [0.717, 1.165) is 16.9 Å². The van der Waals surface area contributed by atoms with Crippen molar-refractivity contribution in [3.8, 4) is 5.75 Å². The van der Waals surface area contributed by atoms with Gasteiger partial charge in [-0.2, -0.15) is 0 Å². The quantitative estimate of drug-likeness (QED) is 0.845. The molecule has 0 saturated carbocycles. The zero-order valence-corrected chi connectivity index (χ0v) is 11.5. The maximum atomic E-state index is 11.1. The van der Waals surface area contributed by atoms with Crippen molar-refractivity contribution in [2.24, 2.45) is 0 Å². The van der Waals surface area contributed by atoms with Crippen molar-refractivity contribution in [2.45, 2.75) is 37.5 Å². The summed E-state index contributed by atoms with van der Waals surface area (Å²) in [7, 11) is 1.66. The van der Waals surface area contributed by atoms with Gasteiger partial charge >= 0.3 is 0 Å². The second-order valence-corrected chi connectivity index (χ2v) is 5.74. The molecule has 19 heavy (non-hydrogen) atoms. The topological polar surface area (TPSA) is 50.7 Å². The number of rotatable bonds is 2. The van der Waals surface area contributed by atoms with E-state index in [1.165, 1.54) is 0 Å². The van der Waals surface area contributed by atoms with Crippen LogP contribution in [0, 0.1) is 6.92 Å². The molecule has 2 heterocycles. The number of nitrogens with one attached hydrogen (secondary N) is 1. The number of piperidine rings is 1. The maximum absolute atomic E-state index is 11.1. The first-order chi connectivity index (χ1) is 9.10. The molecule has 2 aliphatic heterocycles. The largest absolute Gasteiger partial charge is 0.496 e. The summed E-state index contributed by atoms with van der Waals surface area (Å²) in [6.45, 7) is 3.38. The summed E-state index contributed by atoms with van der Waals surface area (Å²) < 4.78 is 11.0. The number of morpholine rings is 1. The predicted octanol–water partition coefficient (Wildman–Crippen LogP) is 1.34. The lowest BCUT2D eigenvalue weighted by atomic mass is 9.77. The van der Waals surface area contributed by atoms with Crippen molar-refractivity contribution in [1.82, 2.24) is 5.32 Å². The highest BCUT2D eigenvalue weighted by molar-refractivity contribution is 5.41. The van der Waals surface area contributed by atoms with Crippen LogP contribution in [-0.2, 0) is 10.3 Å². The highest BCUT2D eigenvalue weighted by Gasteiger charge is 2.43. The molecule has 0 aromatic heterocycles. The Morgan fingerprint density at radius 3 is 2.63 bits per heavy atom. The zero-order valence-electron chi connectivity index (χ0n) is 11.5. The Bertz CT molecular complexity index is 462. The molecule has 2 fully saturated rings. The van der Waals surface area contributed by atoms with Gasteiger partial charge in [-0.15, -0.1) is 0 Å². The summed E-state index contributed by atoms with van der Waals surface area (Å²) in [5, 5.41) is 14.6. The van der Waals surface area contributed by atoms with Crippen LogP contribution in [-0.4, -0.2) is 37.5 Å². The van der Waals surface area contributed by atoms with Crippen LogP contribution in [0.15, 0.2) is 18.2 Å². The Kier molecular flexibility index (Phi) is 3.25. The number of benzene rings is 1. The predicted molar refractivity (Wildman–Crippen MR) is 72.4 cm³/mol. The molecule has 1 aromatic rings. The molecule has 2 saturated heterocycles. The fourth-order valence-corrected chi connectivity index (χ4v) is 3.32. The first-order valence-corrected chi connectivity index (χ1v) is 6.82. The van der Waals surface area contributed by atoms with Gasteiger partial charge in [-0.3, -0.25) is 0 Å². The highest BCUT2D eigenvalue weighted by Crippen LogP contribution is 2.41. The molecule has 3 rings (SSSR count). The van der Waals surface area contributed by atoms with Crippen LogP contribution in [0.1, 0.15) is 24.0 Å². The number of aliphatic hydroxyl groups is 1. The van der Waals surface area contributed by atoms with Gasteiger partial charge in [0.1, 0.15) is 5.75 Å². The van der Waals surface area contributed by atoms with Gasteiger partial charge in [-0.1, -0.05) is 12.1 Å². The molecule has 2 atom stereocenters. The van der Waals surface area contributed by atoms with Crippen molar-refractivity contribution < 1.29 is 14.6 Å². The summed E-state index contributed by atoms with van der Waals surface area (Å²) in [5.41, 5.74) is 1.23. The second kappa shape index (κ2) is 4.78. The minimum Gasteiger partial charge on any atom is -0.496 e. The van der Waals surface area contributed by atoms with Gasteiger partial charge in [0, 0.05) is 17.6 Å². The Hall–Kier alpha value is -1.10. The molecule has 0 spiro atoms. The fraction of sp³-hybridized carbons (Fsp3) is 0.600. The van der Waals surface area contributed by atoms with Crippen LogP contribution in [0.5, 0.6) is 5.75 Å². The maximum Gasteiger partial charge on any atom is 0.125 e. The van der Waals surface area contributed by atoms with Gasteiger partial charge in [0.25, 0.3) is 0 Å². The van der Waals surface area contributed by atoms with Crippen molar-refractivity contribution in [1.29, 1.82) is 0 Å². The van der Waals surface area contributed by atoms with Gasteiger partial charge in [0.05, 0.1) is 25.9 Å². The molecule has 2 bridgehead atoms. The smallest absolute Gasteiger partial charge is 0.125 e. The second-order valence-electron chi connectivity index (χ2n) is 5.74. The van der Waals surface area contributed by atoms with Crippen LogP contribution in [0.3, 0.4) is 0 Å². The Morgan fingerprint density at radius 1 is 1.32 bits per heavy atom. The zero-order chi connectivity index (χ0) is 13.5. The average Bonchev–Trinajstić information content (AvgIpc) is 2.37. The molecule has 0 radical (unpaired) electrons. The third kappa shape index (κ3) is 2.36. The number of hydrogen-bond acceptors (Lipinski definition) is 4. The lowest BCUT2D eigenvalue weighted by Gasteiger charge is -2.45. The third-order valence-electron chi connectivity index (χ3n) is 4.14. The van der Waals surface area contributed by atoms with E-state index in [1.807, 2.05) is 25.1 Å². The normalized spacial score (nSPS) is 34.1. The van der Waals surface area contributed by atoms with Gasteiger partial charge in [-0.25, -0.2) is 0 Å². The lowest BCUT2D eigenvalue weighted by Crippen LogP contribution is -2.58. The van der Waals surface area contributed by atoms with Crippen molar-refractivity contribution in [3.05, 3.63) is 29.3 Å². The highest BCUT2D eigenvalue weighted by atomic mass is 16.5. The number of hydrogen-bond donors (Lipinski definition) is 2. The molecule has 4 heteroatoms. The lowest BCUT2D eigenvalue weighted by molar-refractivity contribution is -0.0810. The van der Waals surface area contributed by atoms with Crippen LogP contribution < -0.4 is 10.1 Å². The van der Waals surface area contributed by atoms with E-state index >= 15 is 0 Å². The van der Waals surface area contributed by atoms with Crippen molar-refractivity contribution in [2.75, 3.05) is 20.3 Å². The number of aryl methyl sites for hydroxylation is 1. The minimum atomic E-state index is -0.816. The Morgan fingerprint density at radius 2 is 2.00 bits per heavy atom. The summed E-state index contributed by atoms with van der Waals surface area (Å²) >= 11 is 0. The Labute approximate surface area is 113 Å². The minimum absolute atomic E-state index is 0.225. The Balaban J connectivity index is 1.96. The van der Waals surface area contributed by atoms with Crippen molar-refractivity contribution in [3.63, 3.8) is 0 Å². The molecular weight excluding hydrogens is 242 g/mol. The fourth-order valence-electron chi connectivity index (χ4n) is 3.32. The molecule has 2 unspecified atom stereocenters. The van der Waals surface area contributed by atoms with E-state index in [1.54, 1.807) is 7.11 Å². The standard InChI is InChI=1S/C15H21NO3/c1-10-3-4-13(14(5-10)18-2)15(17)6-11-8-19-9-12(7-15)16-11/h3-5,11-12,16-17H,6-9H2,1-2H3. The molecule has 0 aliphatic carbocycles. The number of ether oxygens (including phenoxy) is 2. The van der Waals surface area contributed by atoms with Crippen LogP contribution in [0.4, 0.5) is 0 Å². The molecule has 4 nitrogen and oxygen atoms in total. The molecule has 1 aromatic carbocycles. The van der Waals surface area contributed by atoms with E-state index in [0.29, 0.717) is 26.1 Å². The van der Waals surface area contributed by atoms with E-state index in [-0.39, 0.29) is 12.1 Å². The van der Waals surface area contributed by atoms with Gasteiger partial charge in [-0.05, 0) is 31.4 Å². The van der Waals surface area contributed by atoms with Gasteiger partial charge < -0.3 is 19.9 Å². The summed E-state index contributed by atoms with van der Waals surface area (Å²) in [6.07, 6.45) is 1.34. The summed E-state index contributed by atoms with van der Waals surface area (Å²) in [4.78, 5) is 0. The van der Waals surface area contributed by atoms with Gasteiger partial charge in [0.15, 0.2) is 0 Å². The number of fused-ring (bicyclic) bond motifs is 2. The summed E-state index contributed by atoms with van der Waals surface area (Å²) in [6, 6.07) is 6.47. The molecule has 2 N–H and O–H groups in total. The van der Waals surface area contributed by atoms with Crippen LogP contribution >= 0.6 is 0 Å². The third-order valence-corrected chi connectivity index (χ3v) is 4.14. The van der Waals surface area contributed by atoms with Crippen LogP contribution in [0.25, 0.3) is 0 Å². The average molecular weight is 263 g/mol. The van der Waals surface area contributed by atoms with E-state index in [9.17, 15) is 5.11 Å². The molecule has 2 aliphatic rings. The molecule has 0 amide bonds. The van der Waals surface area contributed by atoms with E-state index in [4.69, 9.17) is 9.47 Å². The first kappa shape index (κ1) is 12.9.